The molecule has 8 heteroatoms. The molecule has 31 heavy (non-hydrogen) atoms. The van der Waals surface area contributed by atoms with Crippen molar-refractivity contribution >= 4 is 33.1 Å². The predicted octanol–water partition coefficient (Wildman–Crippen LogP) is 4.40. The van der Waals surface area contributed by atoms with Gasteiger partial charge in [-0.15, -0.1) is 11.8 Å². The highest BCUT2D eigenvalue weighted by Gasteiger charge is 2.16. The average molecular weight is 452 g/mol. The van der Waals surface area contributed by atoms with Crippen LogP contribution in [0.15, 0.2) is 87.5 Å². The third-order valence-electron chi connectivity index (χ3n) is 4.70. The van der Waals surface area contributed by atoms with Gasteiger partial charge < -0.3 is 0 Å². The fourth-order valence-electron chi connectivity index (χ4n) is 3.08. The van der Waals surface area contributed by atoms with E-state index in [1.54, 1.807) is 42.6 Å². The summed E-state index contributed by atoms with van der Waals surface area (Å²) in [6.07, 6.45) is 1.76. The fourth-order valence-corrected chi connectivity index (χ4v) is 5.13. The van der Waals surface area contributed by atoms with Crippen molar-refractivity contribution in [3.05, 3.63) is 100 Å². The molecule has 1 N–H and O–H groups in total. The third kappa shape index (κ3) is 4.81. The largest absolute Gasteiger partial charge is 0.278 e. The van der Waals surface area contributed by atoms with Crippen LogP contribution in [0.2, 0.25) is 0 Å². The zero-order chi connectivity index (χ0) is 22.0. The van der Waals surface area contributed by atoms with Gasteiger partial charge in [-0.3, -0.25) is 13.9 Å². The number of nitrogens with zero attached hydrogens (tertiary/aromatic N) is 2. The molecule has 0 fully saturated rings. The first kappa shape index (κ1) is 21.1. The number of rotatable bonds is 6. The van der Waals surface area contributed by atoms with Gasteiger partial charge >= 0.3 is 0 Å². The number of hydrogen-bond donors (Lipinski definition) is 1. The molecule has 6 nitrogen and oxygen atoms in total. The van der Waals surface area contributed by atoms with E-state index in [4.69, 9.17) is 0 Å². The van der Waals surface area contributed by atoms with Crippen molar-refractivity contribution in [3.8, 4) is 0 Å². The molecule has 0 spiro atoms. The van der Waals surface area contributed by atoms with Gasteiger partial charge in [-0.1, -0.05) is 35.9 Å². The van der Waals surface area contributed by atoms with E-state index in [0.717, 1.165) is 16.0 Å². The summed E-state index contributed by atoms with van der Waals surface area (Å²) in [6, 6.07) is 19.1. The molecule has 4 aromatic rings. The van der Waals surface area contributed by atoms with E-state index in [9.17, 15) is 13.2 Å². The van der Waals surface area contributed by atoms with Crippen molar-refractivity contribution in [2.45, 2.75) is 29.4 Å². The van der Waals surface area contributed by atoms with Crippen LogP contribution in [-0.2, 0) is 15.8 Å². The highest BCUT2D eigenvalue weighted by Crippen LogP contribution is 2.31. The normalized spacial score (nSPS) is 11.5. The second kappa shape index (κ2) is 8.56. The Morgan fingerprint density at radius 2 is 1.68 bits per heavy atom. The molecule has 0 unspecified atom stereocenters. The highest BCUT2D eigenvalue weighted by atomic mass is 32.2. The van der Waals surface area contributed by atoms with Gasteiger partial charge in [0.1, 0.15) is 5.65 Å². The van der Waals surface area contributed by atoms with E-state index in [-0.39, 0.29) is 10.5 Å². The van der Waals surface area contributed by atoms with Crippen molar-refractivity contribution in [1.82, 2.24) is 9.38 Å². The van der Waals surface area contributed by atoms with E-state index in [1.807, 2.05) is 38.1 Å². The van der Waals surface area contributed by atoms with Crippen molar-refractivity contribution in [3.63, 3.8) is 0 Å². The average Bonchev–Trinajstić information content (AvgIpc) is 2.74. The summed E-state index contributed by atoms with van der Waals surface area (Å²) in [6.45, 7) is 3.83. The highest BCUT2D eigenvalue weighted by molar-refractivity contribution is 7.98. The predicted molar refractivity (Wildman–Crippen MR) is 124 cm³/mol. The number of anilines is 1. The molecule has 0 aliphatic carbocycles. The Hall–Kier alpha value is -3.10. The summed E-state index contributed by atoms with van der Waals surface area (Å²) in [7, 11) is -3.71. The summed E-state index contributed by atoms with van der Waals surface area (Å²) in [5, 5.41) is 0. The Morgan fingerprint density at radius 3 is 2.45 bits per heavy atom. The van der Waals surface area contributed by atoms with Crippen molar-refractivity contribution in [2.24, 2.45) is 0 Å². The standard InChI is InChI=1S/C23H21N3O3S2/c1-16-7-10-19(11-8-16)31(28,29)25-20-5-3-4-6-21(20)30-15-18-13-23(27)26-14-17(2)9-12-22(26)24-18/h3-14,25H,15H2,1-2H3. The van der Waals surface area contributed by atoms with E-state index in [1.165, 1.54) is 22.2 Å². The number of benzene rings is 2. The minimum atomic E-state index is -3.71. The Morgan fingerprint density at radius 1 is 0.968 bits per heavy atom. The lowest BCUT2D eigenvalue weighted by Crippen LogP contribution is -2.15. The van der Waals surface area contributed by atoms with Gasteiger partial charge in [-0.2, -0.15) is 0 Å². The number of fused-ring (bicyclic) bond motifs is 1. The van der Waals surface area contributed by atoms with Crippen LogP contribution in [0.3, 0.4) is 0 Å². The number of aryl methyl sites for hydroxylation is 2. The fraction of sp³-hybridized carbons (Fsp3) is 0.130. The second-order valence-corrected chi connectivity index (χ2v) is 9.92. The molecule has 2 aromatic carbocycles. The zero-order valence-electron chi connectivity index (χ0n) is 17.1. The number of hydrogen-bond acceptors (Lipinski definition) is 5. The van der Waals surface area contributed by atoms with Gasteiger partial charge in [0.2, 0.25) is 0 Å². The molecule has 0 saturated carbocycles. The van der Waals surface area contributed by atoms with Crippen LogP contribution in [0.25, 0.3) is 5.65 Å². The first-order valence-corrected chi connectivity index (χ1v) is 12.1. The number of sulfonamides is 1. The molecule has 0 amide bonds. The maximum atomic E-state index is 12.8. The monoisotopic (exact) mass is 451 g/mol. The smallest absolute Gasteiger partial charge is 0.261 e. The van der Waals surface area contributed by atoms with Crippen molar-refractivity contribution in [1.29, 1.82) is 0 Å². The van der Waals surface area contributed by atoms with E-state index >= 15 is 0 Å². The van der Waals surface area contributed by atoms with Crippen LogP contribution < -0.4 is 10.3 Å². The molecule has 0 atom stereocenters. The molecule has 2 aromatic heterocycles. The Balaban J connectivity index is 1.57. The van der Waals surface area contributed by atoms with Crippen LogP contribution in [0, 0.1) is 13.8 Å². The lowest BCUT2D eigenvalue weighted by atomic mass is 10.2. The summed E-state index contributed by atoms with van der Waals surface area (Å²) in [5.41, 5.74) is 3.54. The van der Waals surface area contributed by atoms with Gasteiger partial charge in [0.15, 0.2) is 0 Å². The minimum absolute atomic E-state index is 0.141. The topological polar surface area (TPSA) is 80.5 Å². The molecular formula is C23H21N3O3S2. The maximum absolute atomic E-state index is 12.8. The molecule has 0 bridgehead atoms. The van der Waals surface area contributed by atoms with Crippen LogP contribution in [0.4, 0.5) is 5.69 Å². The summed E-state index contributed by atoms with van der Waals surface area (Å²) >= 11 is 1.42. The van der Waals surface area contributed by atoms with Gasteiger partial charge in [0, 0.05) is 22.9 Å². The molecule has 0 radical (unpaired) electrons. The first-order valence-electron chi connectivity index (χ1n) is 9.62. The molecule has 0 aliphatic heterocycles. The van der Waals surface area contributed by atoms with Crippen molar-refractivity contribution in [2.75, 3.05) is 4.72 Å². The quantitative estimate of drug-likeness (QED) is 0.440. The molecule has 0 aliphatic rings. The van der Waals surface area contributed by atoms with Crippen LogP contribution >= 0.6 is 11.8 Å². The lowest BCUT2D eigenvalue weighted by Gasteiger charge is -2.12. The Bertz CT molecular complexity index is 1410. The van der Waals surface area contributed by atoms with E-state index in [0.29, 0.717) is 22.8 Å². The lowest BCUT2D eigenvalue weighted by molar-refractivity contribution is 0.601. The van der Waals surface area contributed by atoms with Crippen LogP contribution in [0.1, 0.15) is 16.8 Å². The number of pyridine rings is 1. The van der Waals surface area contributed by atoms with Gasteiger partial charge in [-0.05, 0) is 49.7 Å². The molecule has 158 valence electrons. The number of thioether (sulfide) groups is 1. The molecule has 4 rings (SSSR count). The summed E-state index contributed by atoms with van der Waals surface area (Å²) < 4.78 is 29.8. The number of para-hydroxylation sites is 1. The second-order valence-electron chi connectivity index (χ2n) is 7.22. The van der Waals surface area contributed by atoms with Gasteiger partial charge in [0.05, 0.1) is 16.3 Å². The SMILES string of the molecule is Cc1ccc(S(=O)(=O)Nc2ccccc2SCc2cc(=O)n3cc(C)ccc3n2)cc1. The Labute approximate surface area is 185 Å². The van der Waals surface area contributed by atoms with E-state index < -0.39 is 10.0 Å². The Kier molecular flexibility index (Phi) is 5.84. The number of aromatic nitrogens is 2. The van der Waals surface area contributed by atoms with E-state index in [2.05, 4.69) is 9.71 Å². The maximum Gasteiger partial charge on any atom is 0.261 e. The minimum Gasteiger partial charge on any atom is -0.278 e. The first-order chi connectivity index (χ1) is 14.8. The van der Waals surface area contributed by atoms with Crippen molar-refractivity contribution < 1.29 is 8.42 Å². The summed E-state index contributed by atoms with van der Waals surface area (Å²) in [5.74, 6) is 0.433. The molecular weight excluding hydrogens is 430 g/mol. The third-order valence-corrected chi connectivity index (χ3v) is 7.19. The number of nitrogens with one attached hydrogen (secondary N) is 1. The van der Waals surface area contributed by atoms with Crippen LogP contribution in [0.5, 0.6) is 0 Å². The summed E-state index contributed by atoms with van der Waals surface area (Å²) in [4.78, 5) is 17.9. The van der Waals surface area contributed by atoms with Gasteiger partial charge in [0.25, 0.3) is 15.6 Å². The molecule has 2 heterocycles. The molecule has 0 saturated heterocycles. The van der Waals surface area contributed by atoms with Gasteiger partial charge in [-0.25, -0.2) is 13.4 Å². The van der Waals surface area contributed by atoms with Crippen LogP contribution in [-0.4, -0.2) is 17.8 Å². The zero-order valence-corrected chi connectivity index (χ0v) is 18.7.